The smallest absolute Gasteiger partial charge is 0.0586 e. The maximum absolute atomic E-state index is 9.11. The van der Waals surface area contributed by atoms with E-state index in [1.165, 1.54) is 13.1 Å². The zero-order valence-electron chi connectivity index (χ0n) is 9.38. The van der Waals surface area contributed by atoms with Gasteiger partial charge in [0, 0.05) is 19.1 Å². The van der Waals surface area contributed by atoms with Crippen molar-refractivity contribution < 1.29 is 5.11 Å². The molecular weight excluding hydrogens is 162 g/mol. The average Bonchev–Trinajstić information content (AvgIpc) is 1.92. The van der Waals surface area contributed by atoms with Crippen LogP contribution in [0.5, 0.6) is 0 Å². The molecule has 0 aromatic heterocycles. The summed E-state index contributed by atoms with van der Waals surface area (Å²) in [5, 5.41) is 9.11. The number of aliphatic hydroxyl groups excluding tert-OH is 1. The van der Waals surface area contributed by atoms with Gasteiger partial charge in [-0.25, -0.2) is 0 Å². The second kappa shape index (κ2) is 3.97. The minimum absolute atomic E-state index is 0.313. The lowest BCUT2D eigenvalue weighted by atomic mass is 9.75. The fraction of sp³-hybridized carbons (Fsp3) is 1.00. The summed E-state index contributed by atoms with van der Waals surface area (Å²) in [7, 11) is 0. The molecule has 0 spiro atoms. The Bertz CT molecular complexity index is 152. The van der Waals surface area contributed by atoms with Crippen LogP contribution in [-0.2, 0) is 0 Å². The molecule has 0 aromatic rings. The van der Waals surface area contributed by atoms with E-state index in [4.69, 9.17) is 5.11 Å². The molecule has 1 aliphatic heterocycles. The lowest BCUT2D eigenvalue weighted by molar-refractivity contribution is -0.0243. The molecule has 0 aromatic carbocycles. The highest BCUT2D eigenvalue weighted by Gasteiger charge is 2.37. The quantitative estimate of drug-likeness (QED) is 0.724. The molecule has 2 nitrogen and oxygen atoms in total. The van der Waals surface area contributed by atoms with Crippen LogP contribution in [0.1, 0.15) is 34.1 Å². The van der Waals surface area contributed by atoms with Gasteiger partial charge in [0.15, 0.2) is 0 Å². The minimum Gasteiger partial charge on any atom is -0.395 e. The summed E-state index contributed by atoms with van der Waals surface area (Å²) in [5.74, 6) is 0.813. The fourth-order valence-corrected chi connectivity index (χ4v) is 1.86. The van der Waals surface area contributed by atoms with Crippen molar-refractivity contribution in [3.63, 3.8) is 0 Å². The first-order valence-electron chi connectivity index (χ1n) is 5.34. The van der Waals surface area contributed by atoms with Crippen LogP contribution in [0.15, 0.2) is 0 Å². The van der Waals surface area contributed by atoms with Crippen LogP contribution in [0.25, 0.3) is 0 Å². The Hall–Kier alpha value is -0.0800. The molecule has 1 saturated heterocycles. The normalized spacial score (nSPS) is 22.8. The number of hydrogen-bond acceptors (Lipinski definition) is 2. The molecule has 1 aliphatic rings. The number of rotatable bonds is 3. The maximum Gasteiger partial charge on any atom is 0.0586 e. The molecule has 0 aliphatic carbocycles. The van der Waals surface area contributed by atoms with Gasteiger partial charge in [0.05, 0.1) is 6.61 Å². The SMILES string of the molecule is CC[C@@H](CO)N1CC(C(C)(C)C)C1. The molecule has 2 heteroatoms. The molecule has 0 unspecified atom stereocenters. The van der Waals surface area contributed by atoms with Gasteiger partial charge in [-0.2, -0.15) is 0 Å². The number of aliphatic hydroxyl groups is 1. The van der Waals surface area contributed by atoms with Crippen LogP contribution >= 0.6 is 0 Å². The Kier molecular flexibility index (Phi) is 3.36. The first kappa shape index (κ1) is 11.0. The van der Waals surface area contributed by atoms with Crippen molar-refractivity contribution in [2.24, 2.45) is 11.3 Å². The Morgan fingerprint density at radius 1 is 1.38 bits per heavy atom. The van der Waals surface area contributed by atoms with E-state index in [-0.39, 0.29) is 0 Å². The van der Waals surface area contributed by atoms with E-state index in [1.807, 2.05) is 0 Å². The van der Waals surface area contributed by atoms with Crippen LogP contribution in [-0.4, -0.2) is 35.7 Å². The van der Waals surface area contributed by atoms with Gasteiger partial charge in [-0.1, -0.05) is 27.7 Å². The van der Waals surface area contributed by atoms with E-state index in [0.29, 0.717) is 18.1 Å². The van der Waals surface area contributed by atoms with Gasteiger partial charge >= 0.3 is 0 Å². The zero-order valence-corrected chi connectivity index (χ0v) is 9.38. The largest absolute Gasteiger partial charge is 0.395 e. The highest BCUT2D eigenvalue weighted by atomic mass is 16.3. The minimum atomic E-state index is 0.313. The first-order valence-corrected chi connectivity index (χ1v) is 5.34. The predicted octanol–water partition coefficient (Wildman–Crippen LogP) is 1.74. The standard InChI is InChI=1S/C11H23NO/c1-5-10(8-13)12-6-9(7-12)11(2,3)4/h9-10,13H,5-8H2,1-4H3/t10-/m0/s1. The molecule has 1 rings (SSSR count). The van der Waals surface area contributed by atoms with Crippen molar-refractivity contribution in [3.8, 4) is 0 Å². The van der Waals surface area contributed by atoms with E-state index < -0.39 is 0 Å². The summed E-state index contributed by atoms with van der Waals surface area (Å²) < 4.78 is 0. The van der Waals surface area contributed by atoms with E-state index >= 15 is 0 Å². The molecule has 78 valence electrons. The molecular formula is C11H23NO. The van der Waals surface area contributed by atoms with Gasteiger partial charge in [-0.15, -0.1) is 0 Å². The lowest BCUT2D eigenvalue weighted by Crippen LogP contribution is -2.56. The average molecular weight is 185 g/mol. The summed E-state index contributed by atoms with van der Waals surface area (Å²) in [4.78, 5) is 2.40. The summed E-state index contributed by atoms with van der Waals surface area (Å²) in [6.45, 7) is 11.7. The number of likely N-dealkylation sites (tertiary alicyclic amines) is 1. The molecule has 0 bridgehead atoms. The van der Waals surface area contributed by atoms with Crippen LogP contribution in [0.4, 0.5) is 0 Å². The summed E-state index contributed by atoms with van der Waals surface area (Å²) in [5.41, 5.74) is 0.435. The molecule has 1 N–H and O–H groups in total. The monoisotopic (exact) mass is 185 g/mol. The van der Waals surface area contributed by atoms with Gasteiger partial charge < -0.3 is 5.11 Å². The molecule has 1 fully saturated rings. The molecule has 0 amide bonds. The Morgan fingerprint density at radius 3 is 2.23 bits per heavy atom. The molecule has 1 atom stereocenters. The third-order valence-electron chi connectivity index (χ3n) is 3.33. The van der Waals surface area contributed by atoms with E-state index in [0.717, 1.165) is 12.3 Å². The van der Waals surface area contributed by atoms with E-state index in [9.17, 15) is 0 Å². The maximum atomic E-state index is 9.11. The van der Waals surface area contributed by atoms with Gasteiger partial charge in [-0.3, -0.25) is 4.90 Å². The van der Waals surface area contributed by atoms with Crippen molar-refractivity contribution >= 4 is 0 Å². The lowest BCUT2D eigenvalue weighted by Gasteiger charge is -2.49. The predicted molar refractivity (Wildman–Crippen MR) is 55.7 cm³/mol. The molecule has 0 radical (unpaired) electrons. The van der Waals surface area contributed by atoms with Crippen molar-refractivity contribution in [3.05, 3.63) is 0 Å². The molecule has 0 saturated carbocycles. The van der Waals surface area contributed by atoms with E-state index in [1.54, 1.807) is 0 Å². The Labute approximate surface area is 81.9 Å². The summed E-state index contributed by atoms with van der Waals surface area (Å²) >= 11 is 0. The summed E-state index contributed by atoms with van der Waals surface area (Å²) in [6, 6.07) is 0.401. The van der Waals surface area contributed by atoms with Crippen molar-refractivity contribution in [1.82, 2.24) is 4.90 Å². The third-order valence-corrected chi connectivity index (χ3v) is 3.33. The topological polar surface area (TPSA) is 23.5 Å². The van der Waals surface area contributed by atoms with Gasteiger partial charge in [-0.05, 0) is 17.8 Å². The van der Waals surface area contributed by atoms with Crippen LogP contribution in [0, 0.1) is 11.3 Å². The second-order valence-corrected chi connectivity index (χ2v) is 5.26. The van der Waals surface area contributed by atoms with Crippen LogP contribution in [0.2, 0.25) is 0 Å². The highest BCUT2D eigenvalue weighted by molar-refractivity contribution is 4.90. The van der Waals surface area contributed by atoms with Gasteiger partial charge in [0.2, 0.25) is 0 Å². The van der Waals surface area contributed by atoms with Gasteiger partial charge in [0.25, 0.3) is 0 Å². The molecule has 1 heterocycles. The number of nitrogens with zero attached hydrogens (tertiary/aromatic N) is 1. The Balaban J connectivity index is 2.32. The highest BCUT2D eigenvalue weighted by Crippen LogP contribution is 2.34. The van der Waals surface area contributed by atoms with Crippen molar-refractivity contribution in [1.29, 1.82) is 0 Å². The molecule has 13 heavy (non-hydrogen) atoms. The van der Waals surface area contributed by atoms with Crippen LogP contribution in [0.3, 0.4) is 0 Å². The van der Waals surface area contributed by atoms with Crippen LogP contribution < -0.4 is 0 Å². The van der Waals surface area contributed by atoms with Crippen molar-refractivity contribution in [2.45, 2.75) is 40.2 Å². The second-order valence-electron chi connectivity index (χ2n) is 5.26. The Morgan fingerprint density at radius 2 is 1.92 bits per heavy atom. The first-order chi connectivity index (χ1) is 5.99. The number of hydrogen-bond donors (Lipinski definition) is 1. The van der Waals surface area contributed by atoms with Crippen molar-refractivity contribution in [2.75, 3.05) is 19.7 Å². The van der Waals surface area contributed by atoms with E-state index in [2.05, 4.69) is 32.6 Å². The zero-order chi connectivity index (χ0) is 10.1. The third kappa shape index (κ3) is 2.44. The van der Waals surface area contributed by atoms with Gasteiger partial charge in [0.1, 0.15) is 0 Å². The fourth-order valence-electron chi connectivity index (χ4n) is 1.86. The summed E-state index contributed by atoms with van der Waals surface area (Å²) in [6.07, 6.45) is 1.06.